The number of nitrogens with zero attached hydrogens (tertiary/aromatic N) is 1. The van der Waals surface area contributed by atoms with Gasteiger partial charge in [-0.1, -0.05) is 0 Å². The third-order valence-corrected chi connectivity index (χ3v) is 3.02. The first-order valence-corrected chi connectivity index (χ1v) is 6.67. The number of alkyl carbamates (subject to hydrolysis) is 1. The van der Waals surface area contributed by atoms with Gasteiger partial charge in [-0.05, 0) is 40.0 Å². The van der Waals surface area contributed by atoms with Crippen LogP contribution in [0.1, 0.15) is 40.0 Å². The lowest BCUT2D eigenvalue weighted by Crippen LogP contribution is -2.38. The summed E-state index contributed by atoms with van der Waals surface area (Å²) in [5.41, 5.74) is 0.542. The van der Waals surface area contributed by atoms with E-state index in [9.17, 15) is 4.79 Å². The van der Waals surface area contributed by atoms with Crippen LogP contribution >= 0.6 is 0 Å². The Hall–Kier alpha value is -1.72. The molecule has 1 aromatic heterocycles. The fourth-order valence-electron chi connectivity index (χ4n) is 2.28. The molecule has 1 aliphatic rings. The number of nitrogens with one attached hydrogen (secondary N) is 3. The average Bonchev–Trinajstić information content (AvgIpc) is 2.88. The number of anilines is 1. The summed E-state index contributed by atoms with van der Waals surface area (Å²) in [7, 11) is 0. The van der Waals surface area contributed by atoms with Crippen LogP contribution in [-0.4, -0.2) is 34.0 Å². The van der Waals surface area contributed by atoms with Crippen molar-refractivity contribution in [2.24, 2.45) is 0 Å². The minimum atomic E-state index is -0.447. The third-order valence-electron chi connectivity index (χ3n) is 3.02. The van der Waals surface area contributed by atoms with Crippen LogP contribution in [0, 0.1) is 0 Å². The predicted octanol–water partition coefficient (Wildman–Crippen LogP) is 2.27. The van der Waals surface area contributed by atoms with E-state index in [1.807, 2.05) is 27.0 Å². The van der Waals surface area contributed by atoms with Crippen LogP contribution in [-0.2, 0) is 4.74 Å². The van der Waals surface area contributed by atoms with Crippen LogP contribution in [0.15, 0.2) is 12.4 Å². The summed E-state index contributed by atoms with van der Waals surface area (Å²) in [6.45, 7) is 5.60. The van der Waals surface area contributed by atoms with E-state index in [2.05, 4.69) is 20.8 Å². The van der Waals surface area contributed by atoms with Gasteiger partial charge in [0.05, 0.1) is 11.9 Å². The maximum atomic E-state index is 11.7. The van der Waals surface area contributed by atoms with Crippen molar-refractivity contribution in [3.8, 4) is 0 Å². The summed E-state index contributed by atoms with van der Waals surface area (Å²) in [4.78, 5) is 11.7. The molecule has 6 heteroatoms. The Balaban J connectivity index is 1.74. The van der Waals surface area contributed by atoms with Crippen LogP contribution in [0.4, 0.5) is 10.5 Å². The molecule has 6 nitrogen and oxygen atoms in total. The second kappa shape index (κ2) is 5.50. The SMILES string of the molecule is CC(C)(C)OC(=O)NC1CCC(Nc2cn[nH]c2)C1. The highest BCUT2D eigenvalue weighted by molar-refractivity contribution is 5.68. The van der Waals surface area contributed by atoms with Gasteiger partial charge in [0.25, 0.3) is 0 Å². The molecule has 19 heavy (non-hydrogen) atoms. The van der Waals surface area contributed by atoms with E-state index in [4.69, 9.17) is 4.74 Å². The van der Waals surface area contributed by atoms with Gasteiger partial charge < -0.3 is 15.4 Å². The highest BCUT2D eigenvalue weighted by Gasteiger charge is 2.27. The molecule has 0 radical (unpaired) electrons. The number of H-pyrrole nitrogens is 1. The molecular weight excluding hydrogens is 244 g/mol. The van der Waals surface area contributed by atoms with Crippen LogP contribution in [0.2, 0.25) is 0 Å². The molecule has 1 saturated carbocycles. The monoisotopic (exact) mass is 266 g/mol. The lowest BCUT2D eigenvalue weighted by molar-refractivity contribution is 0.0505. The molecule has 1 heterocycles. The number of aromatic amines is 1. The topological polar surface area (TPSA) is 79.0 Å². The quantitative estimate of drug-likeness (QED) is 0.784. The largest absolute Gasteiger partial charge is 0.444 e. The summed E-state index contributed by atoms with van der Waals surface area (Å²) in [5, 5.41) is 13.0. The number of hydrogen-bond acceptors (Lipinski definition) is 4. The van der Waals surface area contributed by atoms with E-state index >= 15 is 0 Å². The molecule has 1 fully saturated rings. The number of carbonyl (C=O) groups is 1. The van der Waals surface area contributed by atoms with Gasteiger partial charge >= 0.3 is 6.09 Å². The fraction of sp³-hybridized carbons (Fsp3) is 0.692. The van der Waals surface area contributed by atoms with E-state index in [1.165, 1.54) is 0 Å². The molecule has 2 unspecified atom stereocenters. The molecule has 2 rings (SSSR count). The second-order valence-electron chi connectivity index (χ2n) is 5.98. The van der Waals surface area contributed by atoms with Crippen LogP contribution in [0.3, 0.4) is 0 Å². The first-order chi connectivity index (χ1) is 8.92. The zero-order valence-electron chi connectivity index (χ0n) is 11.7. The van der Waals surface area contributed by atoms with E-state index in [0.29, 0.717) is 6.04 Å². The molecule has 3 N–H and O–H groups in total. The molecule has 0 aliphatic heterocycles. The molecular formula is C13H22N4O2. The Morgan fingerprint density at radius 1 is 1.42 bits per heavy atom. The van der Waals surface area contributed by atoms with Crippen molar-refractivity contribution in [2.45, 2.75) is 57.7 Å². The van der Waals surface area contributed by atoms with Gasteiger partial charge in [-0.3, -0.25) is 5.10 Å². The number of aromatic nitrogens is 2. The van der Waals surface area contributed by atoms with E-state index in [1.54, 1.807) is 6.20 Å². The van der Waals surface area contributed by atoms with Crippen molar-refractivity contribution in [2.75, 3.05) is 5.32 Å². The number of ether oxygens (including phenoxy) is 1. The van der Waals surface area contributed by atoms with Crippen LogP contribution in [0.5, 0.6) is 0 Å². The van der Waals surface area contributed by atoms with Crippen molar-refractivity contribution >= 4 is 11.8 Å². The van der Waals surface area contributed by atoms with E-state index in [-0.39, 0.29) is 12.1 Å². The smallest absolute Gasteiger partial charge is 0.407 e. The molecule has 1 amide bonds. The van der Waals surface area contributed by atoms with E-state index in [0.717, 1.165) is 24.9 Å². The normalized spacial score (nSPS) is 23.1. The molecule has 1 aromatic rings. The fourth-order valence-corrected chi connectivity index (χ4v) is 2.28. The number of amides is 1. The van der Waals surface area contributed by atoms with Gasteiger partial charge in [-0.15, -0.1) is 0 Å². The predicted molar refractivity (Wildman–Crippen MR) is 73.0 cm³/mol. The molecule has 1 aliphatic carbocycles. The number of carbonyl (C=O) groups excluding carboxylic acids is 1. The highest BCUT2D eigenvalue weighted by atomic mass is 16.6. The van der Waals surface area contributed by atoms with Crippen molar-refractivity contribution in [3.63, 3.8) is 0 Å². The van der Waals surface area contributed by atoms with Gasteiger partial charge in [0.2, 0.25) is 0 Å². The Morgan fingerprint density at radius 2 is 2.16 bits per heavy atom. The molecule has 0 aromatic carbocycles. The van der Waals surface area contributed by atoms with E-state index < -0.39 is 5.60 Å². The standard InChI is InChI=1S/C13H22N4O2/c1-13(2,3)19-12(18)17-10-5-4-9(6-10)16-11-7-14-15-8-11/h7-10,16H,4-6H2,1-3H3,(H,14,15)(H,17,18). The summed E-state index contributed by atoms with van der Waals surface area (Å²) >= 11 is 0. The zero-order chi connectivity index (χ0) is 13.9. The van der Waals surface area contributed by atoms with Gasteiger partial charge in [0.1, 0.15) is 5.60 Å². The lowest BCUT2D eigenvalue weighted by atomic mass is 10.2. The summed E-state index contributed by atoms with van der Waals surface area (Å²) in [6, 6.07) is 0.553. The lowest BCUT2D eigenvalue weighted by Gasteiger charge is -2.21. The minimum Gasteiger partial charge on any atom is -0.444 e. The summed E-state index contributed by atoms with van der Waals surface area (Å²) in [5.74, 6) is 0. The maximum absolute atomic E-state index is 11.7. The third kappa shape index (κ3) is 4.46. The highest BCUT2D eigenvalue weighted by Crippen LogP contribution is 2.23. The van der Waals surface area contributed by atoms with Crippen molar-refractivity contribution in [1.82, 2.24) is 15.5 Å². The number of hydrogen-bond donors (Lipinski definition) is 3. The molecule has 0 saturated heterocycles. The Bertz CT molecular complexity index is 411. The maximum Gasteiger partial charge on any atom is 0.407 e. The summed E-state index contributed by atoms with van der Waals surface area (Å²) < 4.78 is 5.26. The molecule has 0 spiro atoms. The molecule has 2 atom stereocenters. The zero-order valence-corrected chi connectivity index (χ0v) is 11.7. The van der Waals surface area contributed by atoms with Crippen molar-refractivity contribution in [3.05, 3.63) is 12.4 Å². The Kier molecular flexibility index (Phi) is 3.97. The van der Waals surface area contributed by atoms with Crippen molar-refractivity contribution in [1.29, 1.82) is 0 Å². The van der Waals surface area contributed by atoms with Gasteiger partial charge in [-0.2, -0.15) is 5.10 Å². The van der Waals surface area contributed by atoms with Crippen molar-refractivity contribution < 1.29 is 9.53 Å². The van der Waals surface area contributed by atoms with Crippen LogP contribution < -0.4 is 10.6 Å². The minimum absolute atomic E-state index is 0.180. The van der Waals surface area contributed by atoms with Gasteiger partial charge in [0, 0.05) is 18.3 Å². The summed E-state index contributed by atoms with van der Waals surface area (Å²) in [6.07, 6.45) is 6.16. The first kappa shape index (κ1) is 13.7. The Morgan fingerprint density at radius 3 is 2.79 bits per heavy atom. The second-order valence-corrected chi connectivity index (χ2v) is 5.98. The van der Waals surface area contributed by atoms with Gasteiger partial charge in [0.15, 0.2) is 0 Å². The average molecular weight is 266 g/mol. The van der Waals surface area contributed by atoms with Crippen LogP contribution in [0.25, 0.3) is 0 Å². The molecule has 106 valence electrons. The number of rotatable bonds is 3. The Labute approximate surface area is 113 Å². The first-order valence-electron chi connectivity index (χ1n) is 6.67. The van der Waals surface area contributed by atoms with Gasteiger partial charge in [-0.25, -0.2) is 4.79 Å². The molecule has 0 bridgehead atoms.